The largest absolute Gasteiger partial charge is 0.466 e. The minimum Gasteiger partial charge on any atom is -0.466 e. The van der Waals surface area contributed by atoms with Crippen LogP contribution in [0.5, 0.6) is 0 Å². The molecule has 0 saturated heterocycles. The number of nitrogens with one attached hydrogen (secondary N) is 1. The van der Waals surface area contributed by atoms with E-state index < -0.39 is 12.1 Å². The molecule has 0 radical (unpaired) electrons. The molecular formula is C69H131NO5. The molecule has 0 bridgehead atoms. The number of hydrogen-bond donors (Lipinski definition) is 3. The summed E-state index contributed by atoms with van der Waals surface area (Å²) in [5, 5.41) is 23.4. The van der Waals surface area contributed by atoms with Crippen LogP contribution in [0.3, 0.4) is 0 Å². The van der Waals surface area contributed by atoms with E-state index in [0.717, 1.165) is 51.4 Å². The number of ether oxygens (including phenoxy) is 1. The molecule has 0 aliphatic rings. The second-order valence-corrected chi connectivity index (χ2v) is 23.1. The zero-order chi connectivity index (χ0) is 54.3. The second-order valence-electron chi connectivity index (χ2n) is 23.1. The molecule has 1 amide bonds. The Bertz CT molecular complexity index is 1210. The lowest BCUT2D eigenvalue weighted by molar-refractivity contribution is -0.143. The fourth-order valence-electron chi connectivity index (χ4n) is 10.5. The fraction of sp³-hybridized carbons (Fsp3) is 0.884. The monoisotopic (exact) mass is 1050 g/mol. The predicted octanol–water partition coefficient (Wildman–Crippen LogP) is 21.5. The maximum Gasteiger partial charge on any atom is 0.305 e. The van der Waals surface area contributed by atoms with Gasteiger partial charge in [0.15, 0.2) is 0 Å². The van der Waals surface area contributed by atoms with Crippen molar-refractivity contribution in [3.63, 3.8) is 0 Å². The van der Waals surface area contributed by atoms with E-state index in [1.54, 1.807) is 0 Å². The van der Waals surface area contributed by atoms with Crippen molar-refractivity contribution in [1.29, 1.82) is 0 Å². The van der Waals surface area contributed by atoms with Crippen molar-refractivity contribution in [3.8, 4) is 0 Å². The number of rotatable bonds is 63. The number of aliphatic hydroxyl groups is 2. The summed E-state index contributed by atoms with van der Waals surface area (Å²) in [5.41, 5.74) is 0. The Morgan fingerprint density at radius 1 is 0.373 bits per heavy atom. The van der Waals surface area contributed by atoms with Gasteiger partial charge in [-0.15, -0.1) is 0 Å². The van der Waals surface area contributed by atoms with Gasteiger partial charge in [0, 0.05) is 12.8 Å². The average molecular weight is 1050 g/mol. The molecular weight excluding hydrogens is 923 g/mol. The first kappa shape index (κ1) is 73.1. The summed E-state index contributed by atoms with van der Waals surface area (Å²) in [4.78, 5) is 24.6. The Morgan fingerprint density at radius 2 is 0.693 bits per heavy atom. The number of hydrogen-bond acceptors (Lipinski definition) is 5. The number of carbonyl (C=O) groups is 2. The molecule has 0 aliphatic heterocycles. The minimum atomic E-state index is -0.669. The maximum absolute atomic E-state index is 12.5. The smallest absolute Gasteiger partial charge is 0.305 e. The van der Waals surface area contributed by atoms with E-state index in [0.29, 0.717) is 25.9 Å². The molecule has 442 valence electrons. The molecule has 0 heterocycles. The van der Waals surface area contributed by atoms with Crippen molar-refractivity contribution in [2.24, 2.45) is 0 Å². The molecule has 0 aliphatic carbocycles. The van der Waals surface area contributed by atoms with E-state index in [1.165, 1.54) is 283 Å². The van der Waals surface area contributed by atoms with Crippen LogP contribution in [0.4, 0.5) is 0 Å². The maximum atomic E-state index is 12.5. The summed E-state index contributed by atoms with van der Waals surface area (Å²) in [5.74, 6) is -0.0387. The normalized spacial score (nSPS) is 12.7. The first-order valence-corrected chi connectivity index (χ1v) is 33.7. The summed E-state index contributed by atoms with van der Waals surface area (Å²) >= 11 is 0. The van der Waals surface area contributed by atoms with E-state index in [9.17, 15) is 19.8 Å². The van der Waals surface area contributed by atoms with E-state index in [-0.39, 0.29) is 18.5 Å². The van der Waals surface area contributed by atoms with Crippen molar-refractivity contribution < 1.29 is 24.5 Å². The highest BCUT2D eigenvalue weighted by atomic mass is 16.5. The van der Waals surface area contributed by atoms with Crippen LogP contribution in [0.15, 0.2) is 36.5 Å². The number of aliphatic hydroxyl groups excluding tert-OH is 2. The van der Waals surface area contributed by atoms with Crippen LogP contribution in [0.2, 0.25) is 0 Å². The third kappa shape index (κ3) is 61.2. The van der Waals surface area contributed by atoms with Crippen molar-refractivity contribution in [1.82, 2.24) is 5.32 Å². The molecule has 2 atom stereocenters. The minimum absolute atomic E-state index is 0.00248. The molecule has 0 aromatic carbocycles. The summed E-state index contributed by atoms with van der Waals surface area (Å²) in [7, 11) is 0. The second kappa shape index (κ2) is 64.6. The number of amides is 1. The lowest BCUT2D eigenvalue weighted by atomic mass is 10.0. The first-order chi connectivity index (χ1) is 37.0. The molecule has 3 N–H and O–H groups in total. The fourth-order valence-corrected chi connectivity index (χ4v) is 10.5. The Labute approximate surface area is 468 Å². The number of carbonyl (C=O) groups excluding carboxylic acids is 2. The lowest BCUT2D eigenvalue weighted by Gasteiger charge is -2.22. The molecule has 0 fully saturated rings. The van der Waals surface area contributed by atoms with E-state index in [2.05, 4.69) is 55.6 Å². The van der Waals surface area contributed by atoms with Gasteiger partial charge in [-0.05, 0) is 77.0 Å². The molecule has 6 nitrogen and oxygen atoms in total. The van der Waals surface area contributed by atoms with Gasteiger partial charge in [-0.25, -0.2) is 0 Å². The SMILES string of the molecule is CCC/C=C\C/C=C\CCCCCCCC(=O)OCCCCCCCCCCCCCC/C=C\CCCCCCCCCCC(=O)NC(CO)C(O)CCCCCCCCCCCCCCCCCCCCCCC. The van der Waals surface area contributed by atoms with Gasteiger partial charge in [0.25, 0.3) is 0 Å². The van der Waals surface area contributed by atoms with E-state index in [1.807, 2.05) is 0 Å². The molecule has 0 saturated carbocycles. The third-order valence-corrected chi connectivity index (χ3v) is 15.6. The van der Waals surface area contributed by atoms with Gasteiger partial charge in [0.1, 0.15) is 0 Å². The zero-order valence-corrected chi connectivity index (χ0v) is 50.5. The molecule has 75 heavy (non-hydrogen) atoms. The van der Waals surface area contributed by atoms with Gasteiger partial charge < -0.3 is 20.3 Å². The van der Waals surface area contributed by atoms with Gasteiger partial charge in [-0.2, -0.15) is 0 Å². The lowest BCUT2D eigenvalue weighted by Crippen LogP contribution is -2.45. The number of allylic oxidation sites excluding steroid dienone is 6. The van der Waals surface area contributed by atoms with Crippen molar-refractivity contribution in [3.05, 3.63) is 36.5 Å². The van der Waals surface area contributed by atoms with Crippen molar-refractivity contribution in [2.75, 3.05) is 13.2 Å². The van der Waals surface area contributed by atoms with Crippen LogP contribution in [0, 0.1) is 0 Å². The Balaban J connectivity index is 3.41. The Hall–Kier alpha value is -1.92. The van der Waals surface area contributed by atoms with Gasteiger partial charge in [-0.3, -0.25) is 9.59 Å². The van der Waals surface area contributed by atoms with Crippen LogP contribution in [0.25, 0.3) is 0 Å². The average Bonchev–Trinajstić information content (AvgIpc) is 3.41. The molecule has 0 rings (SSSR count). The molecule has 6 heteroatoms. The zero-order valence-electron chi connectivity index (χ0n) is 50.5. The van der Waals surface area contributed by atoms with E-state index >= 15 is 0 Å². The summed E-state index contributed by atoms with van der Waals surface area (Å²) < 4.78 is 5.47. The number of unbranched alkanes of at least 4 members (excludes halogenated alkanes) is 46. The summed E-state index contributed by atoms with van der Waals surface area (Å²) in [6, 6.07) is -0.546. The quantitative estimate of drug-likeness (QED) is 0.0320. The van der Waals surface area contributed by atoms with Crippen LogP contribution in [-0.4, -0.2) is 47.4 Å². The van der Waals surface area contributed by atoms with Crippen LogP contribution in [0.1, 0.15) is 367 Å². The van der Waals surface area contributed by atoms with Crippen molar-refractivity contribution >= 4 is 11.9 Å². The van der Waals surface area contributed by atoms with Crippen LogP contribution < -0.4 is 5.32 Å². The van der Waals surface area contributed by atoms with Gasteiger partial charge in [-0.1, -0.05) is 314 Å². The molecule has 0 aromatic rings. The van der Waals surface area contributed by atoms with Gasteiger partial charge >= 0.3 is 5.97 Å². The highest BCUT2D eigenvalue weighted by Crippen LogP contribution is 2.18. The first-order valence-electron chi connectivity index (χ1n) is 33.7. The van der Waals surface area contributed by atoms with Crippen LogP contribution >= 0.6 is 0 Å². The van der Waals surface area contributed by atoms with Crippen molar-refractivity contribution in [2.45, 2.75) is 379 Å². The number of esters is 1. The highest BCUT2D eigenvalue weighted by molar-refractivity contribution is 5.76. The Morgan fingerprint density at radius 3 is 1.08 bits per heavy atom. The van der Waals surface area contributed by atoms with Crippen LogP contribution in [-0.2, 0) is 14.3 Å². The Kier molecular flexibility index (Phi) is 63.0. The van der Waals surface area contributed by atoms with Gasteiger partial charge in [0.05, 0.1) is 25.4 Å². The summed E-state index contributed by atoms with van der Waals surface area (Å²) in [6.07, 6.45) is 81.7. The van der Waals surface area contributed by atoms with E-state index in [4.69, 9.17) is 4.74 Å². The topological polar surface area (TPSA) is 95.9 Å². The highest BCUT2D eigenvalue weighted by Gasteiger charge is 2.20. The third-order valence-electron chi connectivity index (χ3n) is 15.6. The molecule has 0 spiro atoms. The predicted molar refractivity (Wildman–Crippen MR) is 329 cm³/mol. The molecule has 0 aromatic heterocycles. The standard InChI is InChI=1S/C69H131NO5/c1-3-5-7-9-11-13-15-17-18-19-20-25-28-31-34-38-41-45-49-53-57-61-67(72)66(65-71)70-68(73)62-58-54-50-46-42-39-35-32-29-26-23-21-22-24-27-30-33-36-40-44-48-52-56-60-64-75-69(74)63-59-55-51-47-43-37-16-14-12-10-8-6-4-2/h8,10,14,16,23,26,66-67,71-72H,3-7,9,11-13,15,17-22,24-25,27-65H2,1-2H3,(H,70,73)/b10-8-,16-14-,26-23-. The molecule has 2 unspecified atom stereocenters. The van der Waals surface area contributed by atoms with Gasteiger partial charge in [0.2, 0.25) is 5.91 Å². The summed E-state index contributed by atoms with van der Waals surface area (Å²) in [6.45, 7) is 4.91.